The topological polar surface area (TPSA) is 92.3 Å². The molecule has 0 aromatic rings. The summed E-state index contributed by atoms with van der Waals surface area (Å²) in [4.78, 5) is 23.2. The van der Waals surface area contributed by atoms with Crippen molar-refractivity contribution in [2.75, 3.05) is 42.1 Å². The van der Waals surface area contributed by atoms with E-state index in [-0.39, 0.29) is 11.8 Å². The number of hydrogen-bond donors (Lipinski definition) is 1. The van der Waals surface area contributed by atoms with Gasteiger partial charge < -0.3 is 28.1 Å². The van der Waals surface area contributed by atoms with E-state index >= 15 is 0 Å². The van der Waals surface area contributed by atoms with Gasteiger partial charge in [0.05, 0.1) is 20.6 Å². The van der Waals surface area contributed by atoms with Gasteiger partial charge in [0, 0.05) is 33.9 Å². The van der Waals surface area contributed by atoms with Gasteiger partial charge in [-0.25, -0.2) is 0 Å². The Morgan fingerprint density at radius 3 is 1.96 bits per heavy atom. The van der Waals surface area contributed by atoms with Gasteiger partial charge in [-0.05, 0) is 11.8 Å². The van der Waals surface area contributed by atoms with Crippen molar-refractivity contribution in [3.8, 4) is 0 Å². The maximum Gasteiger partial charge on any atom is 0.500 e. The minimum atomic E-state index is -2.64. The van der Waals surface area contributed by atoms with Crippen molar-refractivity contribution < 1.29 is 32.3 Å². The molecule has 0 amide bonds. The molecule has 24 heavy (non-hydrogen) atoms. The summed E-state index contributed by atoms with van der Waals surface area (Å²) >= 11 is 0. The third kappa shape index (κ3) is 7.71. The van der Waals surface area contributed by atoms with E-state index in [0.717, 1.165) is 6.42 Å². The van der Waals surface area contributed by atoms with E-state index in [2.05, 4.69) is 10.1 Å². The third-order valence-corrected chi connectivity index (χ3v) is 6.68. The molecule has 0 aromatic heterocycles. The van der Waals surface area contributed by atoms with Crippen molar-refractivity contribution in [2.45, 2.75) is 38.8 Å². The molecule has 0 aliphatic rings. The molecule has 0 saturated carbocycles. The average Bonchev–Trinajstić information content (AvgIpc) is 2.59. The minimum Gasteiger partial charge on any atom is -0.469 e. The molecular formula is C15H31NO7Si. The summed E-state index contributed by atoms with van der Waals surface area (Å²) in [6.07, 6.45) is 0.681. The molecule has 0 radical (unpaired) electrons. The number of methoxy groups -OCH3 is 2. The van der Waals surface area contributed by atoms with Gasteiger partial charge in [0.25, 0.3) is 0 Å². The predicted octanol–water partition coefficient (Wildman–Crippen LogP) is 0.975. The van der Waals surface area contributed by atoms with Crippen LogP contribution in [-0.4, -0.2) is 68.9 Å². The van der Waals surface area contributed by atoms with Crippen LogP contribution in [0.15, 0.2) is 0 Å². The van der Waals surface area contributed by atoms with E-state index in [1.165, 1.54) is 14.2 Å². The smallest absolute Gasteiger partial charge is 0.469 e. The van der Waals surface area contributed by atoms with Gasteiger partial charge in [-0.2, -0.15) is 0 Å². The molecule has 0 saturated heterocycles. The zero-order valence-electron chi connectivity index (χ0n) is 15.8. The van der Waals surface area contributed by atoms with Crippen LogP contribution in [0.2, 0.25) is 6.04 Å². The molecule has 1 N–H and O–H groups in total. The second kappa shape index (κ2) is 10.8. The van der Waals surface area contributed by atoms with Crippen LogP contribution in [0.1, 0.15) is 26.7 Å². The number of carbonyl (C=O) groups excluding carboxylic acids is 2. The first kappa shape index (κ1) is 23.0. The molecule has 0 heterocycles. The SMILES string of the molecule is COC(=O)C[C@H](NCC(C)(C)CC[Si](OC)(OC)OC)C(=O)OC. The van der Waals surface area contributed by atoms with E-state index in [9.17, 15) is 9.59 Å². The zero-order valence-corrected chi connectivity index (χ0v) is 16.8. The van der Waals surface area contributed by atoms with Gasteiger partial charge in [-0.15, -0.1) is 0 Å². The molecule has 0 rings (SSSR count). The van der Waals surface area contributed by atoms with Crippen LogP contribution < -0.4 is 5.32 Å². The van der Waals surface area contributed by atoms with Crippen LogP contribution in [0.25, 0.3) is 0 Å². The van der Waals surface area contributed by atoms with Crippen molar-refractivity contribution in [2.24, 2.45) is 5.41 Å². The number of hydrogen-bond acceptors (Lipinski definition) is 8. The lowest BCUT2D eigenvalue weighted by Gasteiger charge is -2.31. The van der Waals surface area contributed by atoms with Crippen molar-refractivity contribution in [3.63, 3.8) is 0 Å². The summed E-state index contributed by atoms with van der Waals surface area (Å²) in [5.74, 6) is -0.967. The van der Waals surface area contributed by atoms with E-state index in [4.69, 9.17) is 18.0 Å². The number of ether oxygens (including phenoxy) is 2. The first-order chi connectivity index (χ1) is 11.2. The Hall–Kier alpha value is -1.00. The Balaban J connectivity index is 4.70. The monoisotopic (exact) mass is 365 g/mol. The fourth-order valence-corrected chi connectivity index (χ4v) is 4.26. The highest BCUT2D eigenvalue weighted by molar-refractivity contribution is 6.60. The zero-order chi connectivity index (χ0) is 18.8. The first-order valence-corrected chi connectivity index (χ1v) is 9.66. The molecule has 9 heteroatoms. The molecule has 142 valence electrons. The Morgan fingerprint density at radius 2 is 1.54 bits per heavy atom. The standard InChI is InChI=1S/C15H31NO7Si/c1-15(2,8-9-24(21-5,22-6)23-7)11-16-12(14(18)20-4)10-13(17)19-3/h12,16H,8-11H2,1-7H3/t12-/m0/s1. The maximum atomic E-state index is 11.8. The van der Waals surface area contributed by atoms with Crippen LogP contribution in [0.4, 0.5) is 0 Å². The Kier molecular flexibility index (Phi) is 10.3. The maximum absolute atomic E-state index is 11.8. The molecule has 0 aliphatic carbocycles. The molecule has 0 spiro atoms. The molecule has 0 aliphatic heterocycles. The second-order valence-electron chi connectivity index (χ2n) is 6.20. The second-order valence-corrected chi connectivity index (χ2v) is 9.29. The van der Waals surface area contributed by atoms with Crippen molar-refractivity contribution in [3.05, 3.63) is 0 Å². The Labute approximate surface area is 145 Å². The van der Waals surface area contributed by atoms with Crippen LogP contribution in [0, 0.1) is 5.41 Å². The lowest BCUT2D eigenvalue weighted by Crippen LogP contribution is -2.46. The van der Waals surface area contributed by atoms with Crippen LogP contribution in [0.3, 0.4) is 0 Å². The normalized spacial score (nSPS) is 13.5. The van der Waals surface area contributed by atoms with E-state index in [1.54, 1.807) is 21.3 Å². The highest BCUT2D eigenvalue weighted by Gasteiger charge is 2.39. The molecule has 1 atom stereocenters. The van der Waals surface area contributed by atoms with E-state index < -0.39 is 26.8 Å². The molecule has 0 aromatic carbocycles. The first-order valence-electron chi connectivity index (χ1n) is 7.72. The summed E-state index contributed by atoms with van der Waals surface area (Å²) in [6.45, 7) is 4.60. The number of nitrogens with one attached hydrogen (secondary N) is 1. The lowest BCUT2D eigenvalue weighted by atomic mass is 9.90. The summed E-state index contributed by atoms with van der Waals surface area (Å²) in [7, 11) is 4.66. The lowest BCUT2D eigenvalue weighted by molar-refractivity contribution is -0.149. The quantitative estimate of drug-likeness (QED) is 0.404. The highest BCUT2D eigenvalue weighted by atomic mass is 28.4. The number of esters is 2. The van der Waals surface area contributed by atoms with Crippen molar-refractivity contribution >= 4 is 20.7 Å². The minimum absolute atomic E-state index is 0.0772. The molecular weight excluding hydrogens is 334 g/mol. The highest BCUT2D eigenvalue weighted by Crippen LogP contribution is 2.27. The Morgan fingerprint density at radius 1 is 1.00 bits per heavy atom. The fraction of sp³-hybridized carbons (Fsp3) is 0.867. The van der Waals surface area contributed by atoms with Gasteiger partial charge in [0.1, 0.15) is 6.04 Å². The summed E-state index contributed by atoms with van der Waals surface area (Å²) in [6, 6.07) is -0.0959. The van der Waals surface area contributed by atoms with Gasteiger partial charge >= 0.3 is 20.7 Å². The molecule has 0 fully saturated rings. The van der Waals surface area contributed by atoms with Crippen molar-refractivity contribution in [1.29, 1.82) is 0 Å². The van der Waals surface area contributed by atoms with Crippen LogP contribution in [0.5, 0.6) is 0 Å². The van der Waals surface area contributed by atoms with Crippen molar-refractivity contribution in [1.82, 2.24) is 5.32 Å². The Bertz CT molecular complexity index is 391. The third-order valence-electron chi connectivity index (χ3n) is 3.95. The summed E-state index contributed by atoms with van der Waals surface area (Å²) in [5.41, 5.74) is -0.170. The van der Waals surface area contributed by atoms with Gasteiger partial charge in [0.15, 0.2) is 0 Å². The molecule has 0 bridgehead atoms. The summed E-state index contributed by atoms with van der Waals surface area (Å²) < 4.78 is 25.6. The largest absolute Gasteiger partial charge is 0.500 e. The van der Waals surface area contributed by atoms with Gasteiger partial charge in [-0.1, -0.05) is 13.8 Å². The predicted molar refractivity (Wildman–Crippen MR) is 90.4 cm³/mol. The summed E-state index contributed by atoms with van der Waals surface area (Å²) in [5, 5.41) is 3.08. The van der Waals surface area contributed by atoms with E-state index in [1.807, 2.05) is 13.8 Å². The van der Waals surface area contributed by atoms with Crippen LogP contribution in [-0.2, 0) is 32.3 Å². The van der Waals surface area contributed by atoms with Gasteiger partial charge in [0.2, 0.25) is 0 Å². The molecule has 8 nitrogen and oxygen atoms in total. The fourth-order valence-electron chi connectivity index (χ4n) is 2.17. The molecule has 0 unspecified atom stereocenters. The number of carbonyl (C=O) groups is 2. The van der Waals surface area contributed by atoms with E-state index in [0.29, 0.717) is 12.6 Å². The van der Waals surface area contributed by atoms with Gasteiger partial charge in [-0.3, -0.25) is 9.59 Å². The number of rotatable bonds is 12. The average molecular weight is 365 g/mol. The van der Waals surface area contributed by atoms with Crippen LogP contribution >= 0.6 is 0 Å².